The van der Waals surface area contributed by atoms with Crippen LogP contribution in [0.5, 0.6) is 0 Å². The summed E-state index contributed by atoms with van der Waals surface area (Å²) < 4.78 is 5.96. The molecular weight excluding hydrogens is 601 g/mol. The van der Waals surface area contributed by atoms with Crippen molar-refractivity contribution in [3.63, 3.8) is 0 Å². The molecule has 0 saturated carbocycles. The van der Waals surface area contributed by atoms with E-state index < -0.39 is 0 Å². The second kappa shape index (κ2) is 37.4. The van der Waals surface area contributed by atoms with Gasteiger partial charge in [-0.2, -0.15) is 0 Å². The van der Waals surface area contributed by atoms with E-state index in [2.05, 4.69) is 68.0 Å². The molecule has 0 spiro atoms. The predicted molar refractivity (Wildman–Crippen MR) is 27.7 cm³/mol. The first-order valence-corrected chi connectivity index (χ1v) is 7.06. The number of rotatable bonds is 2. The monoisotopic (exact) mass is 607 g/mol. The van der Waals surface area contributed by atoms with Gasteiger partial charge in [0.1, 0.15) is 0 Å². The molecule has 0 aliphatic heterocycles. The molecule has 0 heterocycles. The van der Waals surface area contributed by atoms with Crippen molar-refractivity contribution in [2.45, 2.75) is 6.92 Å². The van der Waals surface area contributed by atoms with Crippen molar-refractivity contribution in [2.75, 3.05) is 7.11 Å². The number of hydrogen-bond acceptors (Lipinski definition) is 2. The van der Waals surface area contributed by atoms with Gasteiger partial charge in [-0.25, -0.2) is 0 Å². The molecule has 12 heteroatoms. The van der Waals surface area contributed by atoms with Crippen molar-refractivity contribution in [3.05, 3.63) is 0 Å². The van der Waals surface area contributed by atoms with Crippen molar-refractivity contribution in [2.24, 2.45) is 0 Å². The fraction of sp³-hybridized carbons (Fsp3) is 0.400. The number of methoxy groups -OCH3 is 1. The topological polar surface area (TPSA) is 26.3 Å². The van der Waals surface area contributed by atoms with Gasteiger partial charge in [0.25, 0.3) is 0 Å². The van der Waals surface area contributed by atoms with Gasteiger partial charge < -0.3 is 0 Å². The molecule has 0 aliphatic carbocycles. The van der Waals surface area contributed by atoms with E-state index in [1.54, 1.807) is 0 Å². The summed E-state index contributed by atoms with van der Waals surface area (Å²) in [4.78, 5) is 10.6. The molecule has 0 rings (SSSR count). The molecule has 0 amide bonds. The van der Waals surface area contributed by atoms with Gasteiger partial charge in [0.05, 0.1) is 0 Å². The predicted octanol–water partition coefficient (Wildman–Crippen LogP) is -0.402. The third-order valence-corrected chi connectivity index (χ3v) is 2.33. The quantitative estimate of drug-likeness (QED) is 0.400. The van der Waals surface area contributed by atoms with Gasteiger partial charge in [0.15, 0.2) is 0 Å². The molecule has 88 valence electrons. The van der Waals surface area contributed by atoms with E-state index in [1.807, 2.05) is 6.92 Å². The Morgan fingerprint density at radius 3 is 1.18 bits per heavy atom. The van der Waals surface area contributed by atoms with Crippen LogP contribution in [-0.4, -0.2) is 21.5 Å². The maximum absolute atomic E-state index is 10.6. The van der Waals surface area contributed by atoms with Crippen molar-refractivity contribution < 1.29 is 184 Å². The molecule has 0 bridgehead atoms. The number of hydrogen-bond donors (Lipinski definition) is 0. The molecule has 0 aromatic carbocycles. The molecule has 0 aromatic heterocycles. The zero-order valence-electron chi connectivity index (χ0n) is 8.79. The zero-order chi connectivity index (χ0) is 9.44. The van der Waals surface area contributed by atoms with Crippen molar-refractivity contribution >= 4 is 14.4 Å². The molecule has 0 aromatic rings. The summed E-state index contributed by atoms with van der Waals surface area (Å²) in [5, 5.41) is 0. The number of carbonyl (C=O) groups is 1. The first kappa shape index (κ1) is 49.5. The molecule has 17 heavy (non-hydrogen) atoms. The normalized spacial score (nSPS) is 4.35. The van der Waals surface area contributed by atoms with E-state index in [0.717, 1.165) is 4.23 Å². The van der Waals surface area contributed by atoms with Crippen LogP contribution in [0.25, 0.3) is 0 Å². The van der Waals surface area contributed by atoms with E-state index >= 15 is 0 Å². The third-order valence-electron chi connectivity index (χ3n) is 0.721. The van der Waals surface area contributed by atoms with Crippen LogP contribution in [-0.2, 0) is 184 Å². The van der Waals surface area contributed by atoms with Crippen molar-refractivity contribution in [1.29, 1.82) is 0 Å². The molecular formula is C5H6O2V10. The van der Waals surface area contributed by atoms with E-state index in [0.29, 0.717) is 4.23 Å². The van der Waals surface area contributed by atoms with Gasteiger partial charge in [0.2, 0.25) is 0 Å². The number of carbonyl (C=O) groups excluding carboxylic acids is 1. The summed E-state index contributed by atoms with van der Waals surface area (Å²) in [6, 6.07) is 0. The standard InChI is InChI=1S/C5H6O2.10V/c1-3-4-5(6)7-2;;;;;;;;;;/h1-2H3;;;;;;;;;;. The fourth-order valence-corrected chi connectivity index (χ4v) is 0.529. The molecule has 0 saturated heterocycles. The van der Waals surface area contributed by atoms with Gasteiger partial charge in [-0.1, -0.05) is 0 Å². The van der Waals surface area contributed by atoms with Crippen LogP contribution in [0.3, 0.4) is 0 Å². The Balaban J connectivity index is -0.0000000160. The molecule has 6 radical (unpaired) electrons. The van der Waals surface area contributed by atoms with E-state index in [-0.39, 0.29) is 117 Å². The first-order chi connectivity index (χ1) is 5.09. The Morgan fingerprint density at radius 1 is 0.882 bits per heavy atom. The SMILES string of the molecule is COC(=O)[C](=[V])[C](C)=[V].[V].[V].[V].[V].[V].[V].[V]=[V]. The van der Waals surface area contributed by atoms with Crippen LogP contribution in [0.15, 0.2) is 0 Å². The van der Waals surface area contributed by atoms with E-state index in [1.165, 1.54) is 7.11 Å². The van der Waals surface area contributed by atoms with E-state index in [4.69, 9.17) is 0 Å². The summed E-state index contributed by atoms with van der Waals surface area (Å²) in [6.07, 6.45) is 0. The Kier molecular flexibility index (Phi) is 109. The minimum absolute atomic E-state index is 0. The van der Waals surface area contributed by atoms with Crippen molar-refractivity contribution in [3.8, 4) is 0 Å². The first-order valence-electron chi connectivity index (χ1n) is 2.46. The van der Waals surface area contributed by atoms with Crippen LogP contribution in [0.2, 0.25) is 0 Å². The molecule has 0 aliphatic rings. The summed E-state index contributed by atoms with van der Waals surface area (Å²) in [7, 11) is 1.37. The summed E-state index contributed by atoms with van der Waals surface area (Å²) in [6.45, 7) is 1.84. The van der Waals surface area contributed by atoms with Crippen LogP contribution >= 0.6 is 0 Å². The van der Waals surface area contributed by atoms with Gasteiger partial charge in [0, 0.05) is 111 Å². The Labute approximate surface area is 208 Å². The molecule has 0 atom stereocenters. The fourth-order valence-electron chi connectivity index (χ4n) is 0.244. The second-order valence-electron chi connectivity index (χ2n) is 1.43. The number of esters is 1. The summed E-state index contributed by atoms with van der Waals surface area (Å²) in [5.74, 6) is -0.284. The van der Waals surface area contributed by atoms with Crippen LogP contribution < -0.4 is 0 Å². The number of ether oxygens (including phenoxy) is 1. The molecule has 2 nitrogen and oxygen atoms in total. The van der Waals surface area contributed by atoms with Gasteiger partial charge in [-0.3, -0.25) is 0 Å². The van der Waals surface area contributed by atoms with Gasteiger partial charge >= 0.3 is 101 Å². The van der Waals surface area contributed by atoms with Crippen LogP contribution in [0.1, 0.15) is 6.92 Å². The van der Waals surface area contributed by atoms with Crippen LogP contribution in [0, 0.1) is 0 Å². The molecule has 0 fully saturated rings. The minimum atomic E-state index is -0.284. The molecule has 0 unspecified atom stereocenters. The average molecular weight is 608 g/mol. The van der Waals surface area contributed by atoms with Crippen LogP contribution in [0.4, 0.5) is 0 Å². The Bertz CT molecular complexity index is 184. The molecule has 0 N–H and O–H groups in total. The van der Waals surface area contributed by atoms with E-state index in [9.17, 15) is 4.79 Å². The second-order valence-corrected chi connectivity index (χ2v) is 3.17. The Hall–Kier alpha value is 5.05. The van der Waals surface area contributed by atoms with Gasteiger partial charge in [-0.15, -0.1) is 0 Å². The average Bonchev–Trinajstić information content (AvgIpc) is 2.05. The van der Waals surface area contributed by atoms with Crippen molar-refractivity contribution in [1.82, 2.24) is 0 Å². The summed E-state index contributed by atoms with van der Waals surface area (Å²) >= 11 is 8.97. The zero-order valence-corrected chi connectivity index (χ0v) is 22.8. The third kappa shape index (κ3) is 33.7. The summed E-state index contributed by atoms with van der Waals surface area (Å²) in [5.41, 5.74) is 0. The van der Waals surface area contributed by atoms with Gasteiger partial charge in [-0.05, 0) is 0 Å². The maximum atomic E-state index is 10.6. The Morgan fingerprint density at radius 2 is 1.12 bits per heavy atom.